The SMILES string of the molecule is C=O.CCC#N.Cc1cc(F)c(-n2cnc(C(F)F)n2)cc1C. The molecule has 0 radical (unpaired) electrons. The van der Waals surface area contributed by atoms with Gasteiger partial charge in [-0.15, -0.1) is 5.10 Å². The van der Waals surface area contributed by atoms with Crippen LogP contribution in [0.5, 0.6) is 0 Å². The Morgan fingerprint density at radius 2 is 1.83 bits per heavy atom. The standard InChI is InChI=1S/C11H10F3N3.C3H5N.CH2O/c1-6-3-8(12)9(4-7(6)2)17-5-15-11(16-17)10(13)14;1-2-3-4;1-2/h3-5,10H,1-2H3;2H2,1H3;1H2. The van der Waals surface area contributed by atoms with Crippen molar-refractivity contribution in [1.82, 2.24) is 14.8 Å². The largest absolute Gasteiger partial charge is 0.307 e. The summed E-state index contributed by atoms with van der Waals surface area (Å²) in [5.41, 5.74) is 1.77. The van der Waals surface area contributed by atoms with Gasteiger partial charge in [0.15, 0.2) is 0 Å². The summed E-state index contributed by atoms with van der Waals surface area (Å²) in [5, 5.41) is 11.2. The van der Waals surface area contributed by atoms with Crippen LogP contribution in [-0.4, -0.2) is 21.6 Å². The third-order valence-corrected chi connectivity index (χ3v) is 2.67. The van der Waals surface area contributed by atoms with Crippen molar-refractivity contribution >= 4 is 6.79 Å². The van der Waals surface area contributed by atoms with Crippen LogP contribution in [0, 0.1) is 31.0 Å². The van der Waals surface area contributed by atoms with Gasteiger partial charge in [-0.2, -0.15) is 5.26 Å². The van der Waals surface area contributed by atoms with E-state index in [1.165, 1.54) is 6.07 Å². The quantitative estimate of drug-likeness (QED) is 0.843. The highest BCUT2D eigenvalue weighted by molar-refractivity contribution is 5.40. The molecule has 23 heavy (non-hydrogen) atoms. The van der Waals surface area contributed by atoms with Crippen LogP contribution in [0.15, 0.2) is 18.5 Å². The summed E-state index contributed by atoms with van der Waals surface area (Å²) in [7, 11) is 0. The van der Waals surface area contributed by atoms with Gasteiger partial charge < -0.3 is 4.79 Å². The van der Waals surface area contributed by atoms with E-state index in [9.17, 15) is 13.2 Å². The van der Waals surface area contributed by atoms with Crippen molar-refractivity contribution in [2.75, 3.05) is 0 Å². The summed E-state index contributed by atoms with van der Waals surface area (Å²) in [5.74, 6) is -1.12. The van der Waals surface area contributed by atoms with Gasteiger partial charge in [0, 0.05) is 6.42 Å². The highest BCUT2D eigenvalue weighted by atomic mass is 19.3. The number of hydrogen-bond donors (Lipinski definition) is 0. The summed E-state index contributed by atoms with van der Waals surface area (Å²) >= 11 is 0. The first-order chi connectivity index (χ1) is 10.9. The highest BCUT2D eigenvalue weighted by Gasteiger charge is 2.15. The lowest BCUT2D eigenvalue weighted by Crippen LogP contribution is -2.01. The van der Waals surface area contributed by atoms with Gasteiger partial charge in [-0.05, 0) is 37.1 Å². The van der Waals surface area contributed by atoms with Crippen LogP contribution in [0.25, 0.3) is 5.69 Å². The molecule has 5 nitrogen and oxygen atoms in total. The predicted octanol–water partition coefficient (Wildman–Crippen LogP) is 3.70. The van der Waals surface area contributed by atoms with Gasteiger partial charge >= 0.3 is 0 Å². The molecule has 0 aliphatic rings. The molecule has 2 rings (SSSR count). The number of hydrogen-bond acceptors (Lipinski definition) is 4. The average molecular weight is 326 g/mol. The molecule has 0 unspecified atom stereocenters. The van der Waals surface area contributed by atoms with Gasteiger partial charge in [-0.1, -0.05) is 6.92 Å². The van der Waals surface area contributed by atoms with Gasteiger partial charge in [0.1, 0.15) is 24.6 Å². The molecule has 1 aromatic carbocycles. The third kappa shape index (κ3) is 5.90. The number of rotatable bonds is 2. The minimum Gasteiger partial charge on any atom is -0.307 e. The van der Waals surface area contributed by atoms with Crippen molar-refractivity contribution in [3.63, 3.8) is 0 Å². The van der Waals surface area contributed by atoms with E-state index in [-0.39, 0.29) is 5.69 Å². The average Bonchev–Trinajstić information content (AvgIpc) is 3.03. The first-order valence-electron chi connectivity index (χ1n) is 6.53. The van der Waals surface area contributed by atoms with E-state index < -0.39 is 18.1 Å². The normalized spacial score (nSPS) is 9.30. The highest BCUT2D eigenvalue weighted by Crippen LogP contribution is 2.19. The number of carbonyl (C=O) groups excluding carboxylic acids is 1. The fraction of sp³-hybridized carbons (Fsp3) is 0.333. The first kappa shape index (κ1) is 20.3. The Morgan fingerprint density at radius 3 is 2.26 bits per heavy atom. The van der Waals surface area contributed by atoms with Gasteiger partial charge in [0.25, 0.3) is 6.43 Å². The third-order valence-electron chi connectivity index (χ3n) is 2.67. The van der Waals surface area contributed by atoms with Crippen molar-refractivity contribution < 1.29 is 18.0 Å². The van der Waals surface area contributed by atoms with Gasteiger partial charge in [-0.25, -0.2) is 22.8 Å². The van der Waals surface area contributed by atoms with Crippen LogP contribution in [0.4, 0.5) is 13.2 Å². The van der Waals surface area contributed by atoms with Crippen LogP contribution >= 0.6 is 0 Å². The molecule has 0 amide bonds. The number of nitrogens with zero attached hydrogens (tertiary/aromatic N) is 4. The maximum atomic E-state index is 13.7. The Kier molecular flexibility index (Phi) is 8.92. The number of carbonyl (C=O) groups is 1. The second-order valence-corrected chi connectivity index (χ2v) is 4.25. The molecule has 0 N–H and O–H groups in total. The summed E-state index contributed by atoms with van der Waals surface area (Å²) in [6.45, 7) is 7.40. The molecule has 2 aromatic rings. The Balaban J connectivity index is 0.000000705. The number of aryl methyl sites for hydroxylation is 2. The number of benzene rings is 1. The zero-order valence-electron chi connectivity index (χ0n) is 13.1. The molecule has 124 valence electrons. The van der Waals surface area contributed by atoms with Crippen LogP contribution in [-0.2, 0) is 4.79 Å². The van der Waals surface area contributed by atoms with E-state index in [1.54, 1.807) is 13.0 Å². The zero-order valence-corrected chi connectivity index (χ0v) is 13.1. The Hall–Kier alpha value is -2.69. The fourth-order valence-corrected chi connectivity index (χ4v) is 1.43. The number of halogens is 3. The molecule has 0 bridgehead atoms. The van der Waals surface area contributed by atoms with Crippen LogP contribution in [0.1, 0.15) is 36.7 Å². The molecule has 0 spiro atoms. The van der Waals surface area contributed by atoms with Gasteiger partial charge in [-0.3, -0.25) is 0 Å². The number of nitriles is 1. The Labute approximate surface area is 132 Å². The van der Waals surface area contributed by atoms with E-state index >= 15 is 0 Å². The minimum absolute atomic E-state index is 0.118. The topological polar surface area (TPSA) is 71.6 Å². The zero-order chi connectivity index (χ0) is 18.0. The summed E-state index contributed by atoms with van der Waals surface area (Å²) in [6, 6.07) is 4.82. The van der Waals surface area contributed by atoms with Crippen LogP contribution < -0.4 is 0 Å². The second kappa shape index (κ2) is 10.1. The van der Waals surface area contributed by atoms with Crippen molar-refractivity contribution in [3.8, 4) is 11.8 Å². The maximum absolute atomic E-state index is 13.7. The number of aromatic nitrogens is 3. The van der Waals surface area contributed by atoms with Crippen molar-refractivity contribution in [3.05, 3.63) is 41.2 Å². The smallest absolute Gasteiger partial charge is 0.299 e. The molecule has 0 saturated heterocycles. The molecule has 8 heteroatoms. The van der Waals surface area contributed by atoms with Gasteiger partial charge in [0.2, 0.25) is 5.82 Å². The molecule has 0 aliphatic heterocycles. The summed E-state index contributed by atoms with van der Waals surface area (Å²) in [6.07, 6.45) is -1.06. The predicted molar refractivity (Wildman–Crippen MR) is 78.8 cm³/mol. The molecule has 0 saturated carbocycles. The summed E-state index contributed by atoms with van der Waals surface area (Å²) < 4.78 is 39.3. The lowest BCUT2D eigenvalue weighted by molar-refractivity contribution is -0.0979. The fourth-order valence-electron chi connectivity index (χ4n) is 1.43. The minimum atomic E-state index is -2.76. The Bertz CT molecular complexity index is 665. The molecule has 0 aliphatic carbocycles. The van der Waals surface area contributed by atoms with Crippen molar-refractivity contribution in [2.24, 2.45) is 0 Å². The maximum Gasteiger partial charge on any atom is 0.299 e. The molecular weight excluding hydrogens is 309 g/mol. The van der Waals surface area contributed by atoms with E-state index in [0.29, 0.717) is 6.42 Å². The van der Waals surface area contributed by atoms with Crippen LogP contribution in [0.2, 0.25) is 0 Å². The van der Waals surface area contributed by atoms with E-state index in [0.717, 1.165) is 22.1 Å². The summed E-state index contributed by atoms with van der Waals surface area (Å²) in [4.78, 5) is 11.4. The molecule has 1 aromatic heterocycles. The van der Waals surface area contributed by atoms with Gasteiger partial charge in [0.05, 0.1) is 6.07 Å². The monoisotopic (exact) mass is 326 g/mol. The first-order valence-corrected chi connectivity index (χ1v) is 6.53. The van der Waals surface area contributed by atoms with E-state index in [1.807, 2.05) is 26.7 Å². The number of alkyl halides is 2. The molecular formula is C15H17F3N4O. The molecule has 0 fully saturated rings. The van der Waals surface area contributed by atoms with Crippen molar-refractivity contribution in [2.45, 2.75) is 33.6 Å². The lowest BCUT2D eigenvalue weighted by atomic mass is 10.1. The van der Waals surface area contributed by atoms with Crippen molar-refractivity contribution in [1.29, 1.82) is 5.26 Å². The van der Waals surface area contributed by atoms with E-state index in [4.69, 9.17) is 10.1 Å². The van der Waals surface area contributed by atoms with E-state index in [2.05, 4.69) is 10.1 Å². The van der Waals surface area contributed by atoms with Crippen LogP contribution in [0.3, 0.4) is 0 Å². The lowest BCUT2D eigenvalue weighted by Gasteiger charge is -2.06. The Morgan fingerprint density at radius 1 is 1.30 bits per heavy atom. The second-order valence-electron chi connectivity index (χ2n) is 4.25. The molecule has 1 heterocycles. The molecule has 0 atom stereocenters.